The van der Waals surface area contributed by atoms with E-state index in [1.807, 2.05) is 20.8 Å². The molecule has 0 fully saturated rings. The predicted molar refractivity (Wildman–Crippen MR) is 195 cm³/mol. The zero-order chi connectivity index (χ0) is 32.6. The minimum atomic E-state index is -3.62. The van der Waals surface area contributed by atoms with Crippen LogP contribution in [0.15, 0.2) is 0 Å². The number of phosphoric ester groups is 1. The van der Waals surface area contributed by atoms with Crippen molar-refractivity contribution in [2.24, 2.45) is 0 Å². The molecule has 5 heteroatoms. The van der Waals surface area contributed by atoms with Crippen molar-refractivity contribution < 1.29 is 18.1 Å². The first-order valence-corrected chi connectivity index (χ1v) is 21.5. The molecule has 0 heterocycles. The van der Waals surface area contributed by atoms with Gasteiger partial charge in [0.2, 0.25) is 0 Å². The van der Waals surface area contributed by atoms with Crippen molar-refractivity contribution in [2.75, 3.05) is 0 Å². The zero-order valence-electron chi connectivity index (χ0n) is 31.0. The molecular formula is C39H81O4P. The average Bonchev–Trinajstić information content (AvgIpc) is 2.98. The second-order valence-corrected chi connectivity index (χ2v) is 15.6. The first kappa shape index (κ1) is 44.1. The Morgan fingerprint density at radius 2 is 0.523 bits per heavy atom. The lowest BCUT2D eigenvalue weighted by molar-refractivity contribution is 0.0358. The van der Waals surface area contributed by atoms with Crippen LogP contribution in [0, 0.1) is 0 Å². The van der Waals surface area contributed by atoms with Crippen molar-refractivity contribution in [1.82, 2.24) is 0 Å². The van der Waals surface area contributed by atoms with Crippen LogP contribution < -0.4 is 0 Å². The molecule has 0 aliphatic carbocycles. The maximum absolute atomic E-state index is 14.0. The predicted octanol–water partition coefficient (Wildman–Crippen LogP) is 15.1. The highest BCUT2D eigenvalue weighted by Gasteiger charge is 2.33. The first-order valence-electron chi connectivity index (χ1n) is 20.0. The third-order valence-electron chi connectivity index (χ3n) is 9.07. The second kappa shape index (κ2) is 33.0. The molecule has 0 bridgehead atoms. The first-order chi connectivity index (χ1) is 21.4. The van der Waals surface area contributed by atoms with Gasteiger partial charge >= 0.3 is 7.82 Å². The van der Waals surface area contributed by atoms with Crippen LogP contribution in [-0.2, 0) is 18.1 Å². The number of rotatable bonds is 36. The van der Waals surface area contributed by atoms with Gasteiger partial charge in [0.05, 0.1) is 18.3 Å². The van der Waals surface area contributed by atoms with Crippen molar-refractivity contribution in [2.45, 2.75) is 252 Å². The van der Waals surface area contributed by atoms with Gasteiger partial charge < -0.3 is 0 Å². The fourth-order valence-electron chi connectivity index (χ4n) is 6.12. The van der Waals surface area contributed by atoms with Gasteiger partial charge in [0, 0.05) is 0 Å². The van der Waals surface area contributed by atoms with E-state index in [-0.39, 0.29) is 18.3 Å². The Morgan fingerprint density at radius 1 is 0.341 bits per heavy atom. The van der Waals surface area contributed by atoms with Gasteiger partial charge in [-0.3, -0.25) is 13.6 Å². The molecule has 3 unspecified atom stereocenters. The summed E-state index contributed by atoms with van der Waals surface area (Å²) in [7, 11) is -3.62. The molecule has 3 atom stereocenters. The summed E-state index contributed by atoms with van der Waals surface area (Å²) in [5, 5.41) is 0. The van der Waals surface area contributed by atoms with E-state index in [0.29, 0.717) is 0 Å². The van der Waals surface area contributed by atoms with Crippen LogP contribution in [0.25, 0.3) is 0 Å². The molecule has 0 N–H and O–H groups in total. The van der Waals surface area contributed by atoms with E-state index in [0.717, 1.165) is 38.5 Å². The monoisotopic (exact) mass is 645 g/mol. The Bertz CT molecular complexity index is 532. The van der Waals surface area contributed by atoms with Crippen molar-refractivity contribution in [3.8, 4) is 0 Å². The van der Waals surface area contributed by atoms with E-state index < -0.39 is 7.82 Å². The second-order valence-electron chi connectivity index (χ2n) is 14.0. The Morgan fingerprint density at radius 3 is 0.727 bits per heavy atom. The fourth-order valence-corrected chi connectivity index (χ4v) is 7.91. The standard InChI is InChI=1S/C39H81O4P/c1-7-10-13-16-19-22-25-28-31-34-37(4)41-44(40,42-38(5)35-32-29-26-23-20-17-14-11-8-2)43-39(6)36-33-30-27-24-21-18-15-12-9-3/h37-39H,7-36H2,1-6H3. The van der Waals surface area contributed by atoms with Gasteiger partial charge in [0.15, 0.2) is 0 Å². The smallest absolute Gasteiger partial charge is 0.284 e. The van der Waals surface area contributed by atoms with E-state index in [1.165, 1.54) is 154 Å². The summed E-state index contributed by atoms with van der Waals surface area (Å²) < 4.78 is 32.4. The topological polar surface area (TPSA) is 44.8 Å². The normalized spacial score (nSPS) is 15.3. The summed E-state index contributed by atoms with van der Waals surface area (Å²) in [5.41, 5.74) is 0. The van der Waals surface area contributed by atoms with Crippen molar-refractivity contribution >= 4 is 7.82 Å². The number of unbranched alkanes of at least 4 members (excludes halogenated alkanes) is 24. The third kappa shape index (κ3) is 30.7. The lowest BCUT2D eigenvalue weighted by Crippen LogP contribution is -2.17. The maximum Gasteiger partial charge on any atom is 0.475 e. The van der Waals surface area contributed by atoms with Crippen LogP contribution in [0.2, 0.25) is 0 Å². The van der Waals surface area contributed by atoms with Gasteiger partial charge in [-0.2, -0.15) is 0 Å². The summed E-state index contributed by atoms with van der Waals surface area (Å²) in [4.78, 5) is 0. The van der Waals surface area contributed by atoms with Crippen LogP contribution in [0.3, 0.4) is 0 Å². The summed E-state index contributed by atoms with van der Waals surface area (Å²) in [6.45, 7) is 12.9. The lowest BCUT2D eigenvalue weighted by atomic mass is 10.1. The van der Waals surface area contributed by atoms with Crippen molar-refractivity contribution in [3.63, 3.8) is 0 Å². The van der Waals surface area contributed by atoms with Crippen LogP contribution in [0.1, 0.15) is 234 Å². The Labute approximate surface area is 277 Å². The summed E-state index contributed by atoms with van der Waals surface area (Å²) >= 11 is 0. The minimum Gasteiger partial charge on any atom is -0.284 e. The summed E-state index contributed by atoms with van der Waals surface area (Å²) in [6.07, 6.45) is 37.6. The van der Waals surface area contributed by atoms with Crippen LogP contribution in [0.4, 0.5) is 0 Å². The van der Waals surface area contributed by atoms with Gasteiger partial charge in [-0.1, -0.05) is 194 Å². The van der Waals surface area contributed by atoms with E-state index in [4.69, 9.17) is 13.6 Å². The molecule has 0 saturated carbocycles. The molecule has 0 rings (SSSR count). The summed E-state index contributed by atoms with van der Waals surface area (Å²) in [5.74, 6) is 0. The minimum absolute atomic E-state index is 0.120. The Hall–Kier alpha value is 0.110. The van der Waals surface area contributed by atoms with Crippen LogP contribution in [0.5, 0.6) is 0 Å². The number of hydrogen-bond acceptors (Lipinski definition) is 4. The highest BCUT2D eigenvalue weighted by Crippen LogP contribution is 2.54. The van der Waals surface area contributed by atoms with Crippen LogP contribution in [-0.4, -0.2) is 18.3 Å². The highest BCUT2D eigenvalue weighted by atomic mass is 31.2. The average molecular weight is 645 g/mol. The van der Waals surface area contributed by atoms with E-state index in [2.05, 4.69) is 20.8 Å². The van der Waals surface area contributed by atoms with E-state index in [1.54, 1.807) is 0 Å². The molecule has 0 spiro atoms. The Balaban J connectivity index is 4.54. The number of phosphoric acid groups is 1. The molecule has 0 radical (unpaired) electrons. The zero-order valence-corrected chi connectivity index (χ0v) is 31.9. The molecule has 0 amide bonds. The largest absolute Gasteiger partial charge is 0.475 e. The fraction of sp³-hybridized carbons (Fsp3) is 1.00. The van der Waals surface area contributed by atoms with E-state index in [9.17, 15) is 4.57 Å². The molecule has 0 aliphatic heterocycles. The number of hydrogen-bond donors (Lipinski definition) is 0. The van der Waals surface area contributed by atoms with Gasteiger partial charge in [-0.05, 0) is 40.0 Å². The molecule has 0 aromatic heterocycles. The molecule has 44 heavy (non-hydrogen) atoms. The van der Waals surface area contributed by atoms with Gasteiger partial charge in [0.1, 0.15) is 0 Å². The molecule has 0 aromatic carbocycles. The molecule has 266 valence electrons. The van der Waals surface area contributed by atoms with Gasteiger partial charge in [-0.25, -0.2) is 4.57 Å². The molecular weight excluding hydrogens is 563 g/mol. The molecule has 0 saturated heterocycles. The highest BCUT2D eigenvalue weighted by molar-refractivity contribution is 7.48. The SMILES string of the molecule is CCCCCCCCCCCC(C)OP(=O)(OC(C)CCCCCCCCCCC)OC(C)CCCCCCCCCCC. The maximum atomic E-state index is 14.0. The van der Waals surface area contributed by atoms with Crippen LogP contribution >= 0.6 is 7.82 Å². The van der Waals surface area contributed by atoms with Gasteiger partial charge in [0.25, 0.3) is 0 Å². The molecule has 4 nitrogen and oxygen atoms in total. The summed E-state index contributed by atoms with van der Waals surface area (Å²) in [6, 6.07) is 0. The van der Waals surface area contributed by atoms with Crippen molar-refractivity contribution in [3.05, 3.63) is 0 Å². The Kier molecular flexibility index (Phi) is 33.1. The quantitative estimate of drug-likeness (QED) is 0.0503. The molecule has 0 aliphatic rings. The third-order valence-corrected chi connectivity index (χ3v) is 10.9. The lowest BCUT2D eigenvalue weighted by Gasteiger charge is -2.27. The van der Waals surface area contributed by atoms with Gasteiger partial charge in [-0.15, -0.1) is 0 Å². The molecule has 0 aromatic rings. The van der Waals surface area contributed by atoms with Crippen molar-refractivity contribution in [1.29, 1.82) is 0 Å². The van der Waals surface area contributed by atoms with E-state index >= 15 is 0 Å².